The Morgan fingerprint density at radius 1 is 1.10 bits per heavy atom. The van der Waals surface area contributed by atoms with Crippen molar-refractivity contribution in [3.8, 4) is 5.75 Å². The van der Waals surface area contributed by atoms with Crippen LogP contribution in [-0.4, -0.2) is 36.9 Å². The Morgan fingerprint density at radius 2 is 1.79 bits per heavy atom. The van der Waals surface area contributed by atoms with Gasteiger partial charge in [0.1, 0.15) is 11.4 Å². The predicted octanol–water partition coefficient (Wildman–Crippen LogP) is 3.26. The molecule has 0 spiro atoms. The Hall–Kier alpha value is -4.01. The van der Waals surface area contributed by atoms with E-state index in [4.69, 9.17) is 9.47 Å². The fourth-order valence-electron chi connectivity index (χ4n) is 2.07. The van der Waals surface area contributed by atoms with Crippen LogP contribution in [0.2, 0.25) is 0 Å². The molecule has 0 aliphatic rings. The molecule has 9 nitrogen and oxygen atoms in total. The first kappa shape index (κ1) is 21.3. The minimum Gasteiger partial charge on any atom is -0.500 e. The van der Waals surface area contributed by atoms with Gasteiger partial charge in [-0.2, -0.15) is 5.10 Å². The Kier molecular flexibility index (Phi) is 8.06. The summed E-state index contributed by atoms with van der Waals surface area (Å²) >= 11 is 0. The first-order valence-corrected chi connectivity index (χ1v) is 8.60. The van der Waals surface area contributed by atoms with Crippen LogP contribution in [0.1, 0.15) is 12.5 Å². The molecule has 9 heteroatoms. The number of hydrogen-bond acceptors (Lipinski definition) is 8. The summed E-state index contributed by atoms with van der Waals surface area (Å²) < 4.78 is 9.86. The fourth-order valence-corrected chi connectivity index (χ4v) is 2.07. The summed E-state index contributed by atoms with van der Waals surface area (Å²) in [6.07, 6.45) is 1.40. The van der Waals surface area contributed by atoms with E-state index in [0.29, 0.717) is 11.4 Å². The van der Waals surface area contributed by atoms with Crippen LogP contribution in [0.15, 0.2) is 81.4 Å². The third-order valence-corrected chi connectivity index (χ3v) is 3.43. The number of benzene rings is 2. The number of carbonyl (C=O) groups excluding carboxylic acids is 2. The first-order valence-electron chi connectivity index (χ1n) is 8.60. The van der Waals surface area contributed by atoms with Crippen molar-refractivity contribution < 1.29 is 24.2 Å². The molecule has 0 fully saturated rings. The number of nitrogens with one attached hydrogen (secondary N) is 1. The highest BCUT2D eigenvalue weighted by molar-refractivity contribution is 6.01. The molecule has 0 heterocycles. The molecule has 0 aliphatic heterocycles. The van der Waals surface area contributed by atoms with Gasteiger partial charge >= 0.3 is 5.97 Å². The van der Waals surface area contributed by atoms with Crippen LogP contribution in [0, 0.1) is 0 Å². The van der Waals surface area contributed by atoms with E-state index in [2.05, 4.69) is 20.8 Å². The Morgan fingerprint density at radius 3 is 2.48 bits per heavy atom. The number of esters is 1. The third-order valence-electron chi connectivity index (χ3n) is 3.43. The van der Waals surface area contributed by atoms with Gasteiger partial charge in [-0.05, 0) is 24.6 Å². The van der Waals surface area contributed by atoms with Crippen molar-refractivity contribution in [2.45, 2.75) is 6.92 Å². The first-order chi connectivity index (χ1) is 14.1. The summed E-state index contributed by atoms with van der Waals surface area (Å²) in [5, 5.41) is 21.5. The number of para-hydroxylation sites is 1. The molecule has 150 valence electrons. The maximum absolute atomic E-state index is 12.4. The molecule has 2 rings (SSSR count). The maximum atomic E-state index is 12.4. The van der Waals surface area contributed by atoms with Crippen molar-refractivity contribution in [2.75, 3.05) is 13.7 Å². The summed E-state index contributed by atoms with van der Waals surface area (Å²) in [6.45, 7) is 1.57. The Balaban J connectivity index is 2.28. The van der Waals surface area contributed by atoms with Crippen molar-refractivity contribution in [3.05, 3.63) is 71.6 Å². The van der Waals surface area contributed by atoms with Gasteiger partial charge in [-0.1, -0.05) is 42.5 Å². The van der Waals surface area contributed by atoms with E-state index in [1.54, 1.807) is 43.3 Å². The summed E-state index contributed by atoms with van der Waals surface area (Å²) in [7, 11) is 1.45. The van der Waals surface area contributed by atoms with Crippen molar-refractivity contribution in [3.63, 3.8) is 0 Å². The number of hydrogen-bond donors (Lipinski definition) is 2. The molecular formula is C20H20N4O5. The van der Waals surface area contributed by atoms with Gasteiger partial charge in [0.15, 0.2) is 0 Å². The molecule has 0 unspecified atom stereocenters. The predicted molar refractivity (Wildman–Crippen MR) is 106 cm³/mol. The molecule has 0 saturated heterocycles. The molecule has 0 aromatic heterocycles. The molecule has 0 aliphatic carbocycles. The number of hydrazone groups is 1. The van der Waals surface area contributed by atoms with E-state index in [1.807, 2.05) is 18.2 Å². The molecule has 2 aromatic carbocycles. The van der Waals surface area contributed by atoms with Crippen molar-refractivity contribution >= 4 is 23.8 Å². The molecule has 0 radical (unpaired) electrons. The summed E-state index contributed by atoms with van der Waals surface area (Å²) in [5.41, 5.74) is 2.58. The van der Waals surface area contributed by atoms with E-state index in [0.717, 1.165) is 5.56 Å². The van der Waals surface area contributed by atoms with Gasteiger partial charge in [-0.3, -0.25) is 4.79 Å². The normalized spacial score (nSPS) is 11.9. The van der Waals surface area contributed by atoms with Crippen LogP contribution in [0.25, 0.3) is 0 Å². The lowest BCUT2D eigenvalue weighted by Crippen LogP contribution is -2.22. The number of aliphatic hydroxyl groups is 1. The van der Waals surface area contributed by atoms with E-state index in [-0.39, 0.29) is 6.61 Å². The van der Waals surface area contributed by atoms with Gasteiger partial charge in [0.05, 0.1) is 19.9 Å². The molecule has 29 heavy (non-hydrogen) atoms. The Labute approximate surface area is 167 Å². The Bertz CT molecular complexity index is 939. The second-order valence-corrected chi connectivity index (χ2v) is 5.40. The minimum absolute atomic E-state index is 0.00754. The minimum atomic E-state index is -1.11. The zero-order valence-electron chi connectivity index (χ0n) is 15.9. The summed E-state index contributed by atoms with van der Waals surface area (Å²) in [5.74, 6) is -2.64. The quantitative estimate of drug-likeness (QED) is 0.177. The van der Waals surface area contributed by atoms with Gasteiger partial charge in [0, 0.05) is 0 Å². The van der Waals surface area contributed by atoms with Crippen molar-refractivity contribution in [1.82, 2.24) is 5.43 Å². The SMILES string of the molecule is CCOC(=O)/C(O)=C(/N=Nc1ccccc1OC)C(=O)N/N=C/c1ccccc1. The smallest absolute Gasteiger partial charge is 0.376 e. The van der Waals surface area contributed by atoms with Crippen LogP contribution in [0.5, 0.6) is 5.75 Å². The lowest BCUT2D eigenvalue weighted by Gasteiger charge is -2.05. The van der Waals surface area contributed by atoms with Crippen LogP contribution < -0.4 is 10.2 Å². The average Bonchev–Trinajstić information content (AvgIpc) is 2.75. The van der Waals surface area contributed by atoms with Gasteiger partial charge in [0.25, 0.3) is 5.91 Å². The van der Waals surface area contributed by atoms with Crippen LogP contribution in [0.3, 0.4) is 0 Å². The molecule has 0 atom stereocenters. The van der Waals surface area contributed by atoms with Crippen molar-refractivity contribution in [2.24, 2.45) is 15.3 Å². The summed E-state index contributed by atoms with van der Waals surface area (Å²) in [6, 6.07) is 15.7. The summed E-state index contributed by atoms with van der Waals surface area (Å²) in [4.78, 5) is 24.3. The number of carbonyl (C=O) groups is 2. The molecule has 1 amide bonds. The number of rotatable bonds is 8. The highest BCUT2D eigenvalue weighted by atomic mass is 16.5. The van der Waals surface area contributed by atoms with Crippen LogP contribution in [-0.2, 0) is 14.3 Å². The number of nitrogens with zero attached hydrogens (tertiary/aromatic N) is 3. The van der Waals surface area contributed by atoms with Crippen LogP contribution >= 0.6 is 0 Å². The fraction of sp³-hybridized carbons (Fsp3) is 0.150. The number of ether oxygens (including phenoxy) is 2. The second-order valence-electron chi connectivity index (χ2n) is 5.40. The third kappa shape index (κ3) is 6.28. The van der Waals surface area contributed by atoms with Crippen LogP contribution in [0.4, 0.5) is 5.69 Å². The highest BCUT2D eigenvalue weighted by Crippen LogP contribution is 2.27. The monoisotopic (exact) mass is 396 g/mol. The molecule has 2 N–H and O–H groups in total. The van der Waals surface area contributed by atoms with E-state index < -0.39 is 23.3 Å². The zero-order chi connectivity index (χ0) is 21.1. The largest absolute Gasteiger partial charge is 0.500 e. The van der Waals surface area contributed by atoms with E-state index in [1.165, 1.54) is 13.3 Å². The second kappa shape index (κ2) is 11.0. The van der Waals surface area contributed by atoms with Gasteiger partial charge in [-0.15, -0.1) is 10.2 Å². The lowest BCUT2D eigenvalue weighted by atomic mass is 10.2. The number of amides is 1. The molecule has 2 aromatic rings. The topological polar surface area (TPSA) is 122 Å². The maximum Gasteiger partial charge on any atom is 0.376 e. The van der Waals surface area contributed by atoms with Gasteiger partial charge in [-0.25, -0.2) is 10.2 Å². The number of aliphatic hydroxyl groups excluding tert-OH is 1. The van der Waals surface area contributed by atoms with Gasteiger partial charge in [0.2, 0.25) is 11.5 Å². The van der Waals surface area contributed by atoms with Gasteiger partial charge < -0.3 is 14.6 Å². The number of methoxy groups -OCH3 is 1. The van der Waals surface area contributed by atoms with E-state index in [9.17, 15) is 14.7 Å². The molecule has 0 saturated carbocycles. The zero-order valence-corrected chi connectivity index (χ0v) is 15.9. The number of azo groups is 1. The highest BCUT2D eigenvalue weighted by Gasteiger charge is 2.22. The standard InChI is InChI=1S/C20H20N4O5/c1-3-29-20(27)18(25)17(23-22-15-11-7-8-12-16(15)28-2)19(26)24-21-13-14-9-5-4-6-10-14/h4-13,25H,3H2,1-2H3,(H,24,26)/b18-17-,21-13+,23-22?. The molecular weight excluding hydrogens is 376 g/mol. The van der Waals surface area contributed by atoms with Crippen molar-refractivity contribution in [1.29, 1.82) is 0 Å². The average molecular weight is 396 g/mol. The van der Waals surface area contributed by atoms with E-state index >= 15 is 0 Å². The lowest BCUT2D eigenvalue weighted by molar-refractivity contribution is -0.142. The molecule has 0 bridgehead atoms.